The van der Waals surface area contributed by atoms with E-state index in [0.717, 1.165) is 24.3 Å². The molecule has 4 rings (SSSR count). The van der Waals surface area contributed by atoms with Crippen LogP contribution in [-0.4, -0.2) is 35.0 Å². The molecule has 12 heteroatoms. The lowest BCUT2D eigenvalue weighted by atomic mass is 9.95. The zero-order chi connectivity index (χ0) is 26.5. The van der Waals surface area contributed by atoms with Crippen LogP contribution in [0, 0.1) is 5.82 Å². The Morgan fingerprint density at radius 3 is 2.28 bits per heavy atom. The third-order valence-corrected chi connectivity index (χ3v) is 5.73. The van der Waals surface area contributed by atoms with Gasteiger partial charge >= 0.3 is 12.4 Å². The molecule has 1 N–H and O–H groups in total. The number of pyridine rings is 1. The first-order valence-corrected chi connectivity index (χ1v) is 10.4. The van der Waals surface area contributed by atoms with E-state index in [2.05, 4.69) is 4.98 Å². The fourth-order valence-electron chi connectivity index (χ4n) is 3.77. The van der Waals surface area contributed by atoms with Gasteiger partial charge in [-0.1, -0.05) is 12.1 Å². The molecule has 3 aromatic rings. The van der Waals surface area contributed by atoms with Crippen LogP contribution in [-0.2, 0) is 12.1 Å². The number of benzene rings is 2. The predicted molar refractivity (Wildman–Crippen MR) is 114 cm³/mol. The number of carbonyl (C=O) groups is 1. The average molecular weight is 514 g/mol. The van der Waals surface area contributed by atoms with E-state index in [1.165, 1.54) is 35.4 Å². The summed E-state index contributed by atoms with van der Waals surface area (Å²) in [4.78, 5) is 18.5. The number of ether oxygens (including phenoxy) is 1. The Morgan fingerprint density at radius 1 is 1.00 bits per heavy atom. The molecule has 1 atom stereocenters. The molecule has 0 spiro atoms. The number of alkyl halides is 6. The van der Waals surface area contributed by atoms with Crippen LogP contribution in [0.25, 0.3) is 11.3 Å². The highest BCUT2D eigenvalue weighted by Gasteiger charge is 2.51. The molecule has 36 heavy (non-hydrogen) atoms. The molecule has 0 radical (unpaired) electrons. The smallest absolute Gasteiger partial charge is 0.422 e. The normalized spacial score (nSPS) is 15.6. The highest BCUT2D eigenvalue weighted by atomic mass is 19.4. The Morgan fingerprint density at radius 2 is 1.67 bits per heavy atom. The van der Waals surface area contributed by atoms with E-state index in [0.29, 0.717) is 12.5 Å². The number of amides is 1. The second-order valence-electron chi connectivity index (χ2n) is 8.24. The van der Waals surface area contributed by atoms with Crippen LogP contribution >= 0.6 is 0 Å². The van der Waals surface area contributed by atoms with Crippen molar-refractivity contribution in [2.24, 2.45) is 0 Å². The van der Waals surface area contributed by atoms with E-state index in [1.807, 2.05) is 0 Å². The first-order valence-electron chi connectivity index (χ1n) is 10.4. The molecule has 0 saturated heterocycles. The lowest BCUT2D eigenvalue weighted by Crippen LogP contribution is -2.39. The fourth-order valence-corrected chi connectivity index (χ4v) is 3.77. The molecule has 5 nitrogen and oxygen atoms in total. The van der Waals surface area contributed by atoms with Crippen LogP contribution in [0.2, 0.25) is 0 Å². The SMILES string of the molecule is C[C@@](O)(c1ccc(N2Cc3c(ccnc3-c3ccc(F)cc3OCC(F)(F)F)C2=O)cc1)C(F)(F)F. The van der Waals surface area contributed by atoms with Crippen molar-refractivity contribution in [3.8, 4) is 17.0 Å². The van der Waals surface area contributed by atoms with E-state index in [4.69, 9.17) is 4.74 Å². The molecule has 2 heterocycles. The van der Waals surface area contributed by atoms with Gasteiger partial charge in [0.15, 0.2) is 12.2 Å². The number of rotatable bonds is 5. The molecule has 2 aromatic carbocycles. The van der Waals surface area contributed by atoms with Crippen LogP contribution in [0.5, 0.6) is 5.75 Å². The lowest BCUT2D eigenvalue weighted by molar-refractivity contribution is -0.258. The number of aromatic nitrogens is 1. The van der Waals surface area contributed by atoms with Gasteiger partial charge in [0.2, 0.25) is 0 Å². The largest absolute Gasteiger partial charge is 0.483 e. The van der Waals surface area contributed by atoms with Crippen LogP contribution < -0.4 is 9.64 Å². The minimum Gasteiger partial charge on any atom is -0.483 e. The second kappa shape index (κ2) is 8.77. The van der Waals surface area contributed by atoms with Crippen LogP contribution in [0.1, 0.15) is 28.4 Å². The van der Waals surface area contributed by atoms with Gasteiger partial charge in [0.1, 0.15) is 11.6 Å². The van der Waals surface area contributed by atoms with Crippen molar-refractivity contribution < 1.29 is 45.4 Å². The lowest BCUT2D eigenvalue weighted by Gasteiger charge is -2.27. The van der Waals surface area contributed by atoms with E-state index in [-0.39, 0.29) is 29.1 Å². The summed E-state index contributed by atoms with van der Waals surface area (Å²) in [7, 11) is 0. The summed E-state index contributed by atoms with van der Waals surface area (Å²) in [5, 5.41) is 9.85. The minimum atomic E-state index is -4.92. The molecule has 0 unspecified atom stereocenters. The first kappa shape index (κ1) is 25.4. The monoisotopic (exact) mass is 514 g/mol. The molecule has 0 bridgehead atoms. The Balaban J connectivity index is 1.68. The molecule has 190 valence electrons. The first-order chi connectivity index (χ1) is 16.7. The van der Waals surface area contributed by atoms with Gasteiger partial charge in [-0.3, -0.25) is 9.78 Å². The van der Waals surface area contributed by atoms with Crippen molar-refractivity contribution in [1.29, 1.82) is 0 Å². The van der Waals surface area contributed by atoms with Crippen molar-refractivity contribution >= 4 is 11.6 Å². The van der Waals surface area contributed by atoms with Gasteiger partial charge in [0.05, 0.1) is 12.2 Å². The molecular weight excluding hydrogens is 497 g/mol. The number of fused-ring (bicyclic) bond motifs is 1. The molecule has 0 aliphatic carbocycles. The quantitative estimate of drug-likeness (QED) is 0.440. The van der Waals surface area contributed by atoms with Crippen molar-refractivity contribution in [2.75, 3.05) is 11.5 Å². The summed E-state index contributed by atoms with van der Waals surface area (Å²) < 4.78 is 96.0. The van der Waals surface area contributed by atoms with Crippen LogP contribution in [0.4, 0.5) is 36.4 Å². The van der Waals surface area contributed by atoms with Crippen molar-refractivity contribution in [3.63, 3.8) is 0 Å². The minimum absolute atomic E-state index is 0.0312. The molecule has 0 fully saturated rings. The summed E-state index contributed by atoms with van der Waals surface area (Å²) in [6, 6.07) is 8.93. The van der Waals surface area contributed by atoms with Gasteiger partial charge in [-0.15, -0.1) is 0 Å². The van der Waals surface area contributed by atoms with Crippen LogP contribution in [0.15, 0.2) is 54.7 Å². The van der Waals surface area contributed by atoms with Crippen molar-refractivity contribution in [1.82, 2.24) is 4.98 Å². The maximum absolute atomic E-state index is 13.8. The Kier molecular flexibility index (Phi) is 6.19. The zero-order valence-corrected chi connectivity index (χ0v) is 18.4. The molecule has 1 amide bonds. The maximum Gasteiger partial charge on any atom is 0.422 e. The van der Waals surface area contributed by atoms with E-state index in [1.54, 1.807) is 0 Å². The topological polar surface area (TPSA) is 62.7 Å². The van der Waals surface area contributed by atoms with Crippen molar-refractivity contribution in [2.45, 2.75) is 31.4 Å². The number of aliphatic hydroxyl groups is 1. The summed E-state index contributed by atoms with van der Waals surface area (Å²) in [6.45, 7) is -1.17. The van der Waals surface area contributed by atoms with Gasteiger partial charge in [0, 0.05) is 34.6 Å². The summed E-state index contributed by atoms with van der Waals surface area (Å²) >= 11 is 0. The summed E-state index contributed by atoms with van der Waals surface area (Å²) in [6.07, 6.45) is -8.34. The molecule has 1 aliphatic heterocycles. The Bertz CT molecular complexity index is 1300. The number of anilines is 1. The number of hydrogen-bond acceptors (Lipinski definition) is 4. The molecule has 0 saturated carbocycles. The molecule has 1 aliphatic rings. The fraction of sp³-hybridized carbons (Fsp3) is 0.250. The maximum atomic E-state index is 13.8. The Labute approximate surface area is 199 Å². The number of carbonyl (C=O) groups excluding carboxylic acids is 1. The second-order valence-corrected chi connectivity index (χ2v) is 8.24. The predicted octanol–water partition coefficient (Wildman–Crippen LogP) is 5.76. The van der Waals surface area contributed by atoms with E-state index in [9.17, 15) is 40.6 Å². The van der Waals surface area contributed by atoms with Gasteiger partial charge in [0.25, 0.3) is 5.91 Å². The van der Waals surface area contributed by atoms with Crippen molar-refractivity contribution in [3.05, 3.63) is 77.2 Å². The third kappa shape index (κ3) is 4.72. The van der Waals surface area contributed by atoms with E-state index < -0.39 is 47.6 Å². The summed E-state index contributed by atoms with van der Waals surface area (Å²) in [5.41, 5.74) is -2.70. The number of halogens is 7. The molecular formula is C24H17F7N2O3. The van der Waals surface area contributed by atoms with Gasteiger partial charge in [-0.2, -0.15) is 26.3 Å². The van der Waals surface area contributed by atoms with E-state index >= 15 is 0 Å². The van der Waals surface area contributed by atoms with Gasteiger partial charge in [-0.05, 0) is 42.8 Å². The standard InChI is InChI=1S/C24H17F7N2O3/c1-22(35,24(29,30)31)13-2-5-15(6-3-13)33-11-18-16(21(33)34)8-9-32-20(18)17-7-4-14(25)10-19(17)36-12-23(26,27)28/h2-10,35H,11-12H2,1H3/t22-/m1/s1. The highest BCUT2D eigenvalue weighted by Crippen LogP contribution is 2.41. The van der Waals surface area contributed by atoms with Gasteiger partial charge < -0.3 is 14.7 Å². The number of nitrogens with zero attached hydrogens (tertiary/aromatic N) is 2. The molecule has 1 aromatic heterocycles. The van der Waals surface area contributed by atoms with Gasteiger partial charge in [-0.25, -0.2) is 4.39 Å². The zero-order valence-electron chi connectivity index (χ0n) is 18.4. The highest BCUT2D eigenvalue weighted by molar-refractivity contribution is 6.11. The number of hydrogen-bond donors (Lipinski definition) is 1. The third-order valence-electron chi connectivity index (χ3n) is 5.73. The summed E-state index contributed by atoms with van der Waals surface area (Å²) in [5.74, 6) is -1.78. The van der Waals surface area contributed by atoms with Crippen LogP contribution in [0.3, 0.4) is 0 Å². The average Bonchev–Trinajstić information content (AvgIpc) is 3.13. The Hall–Kier alpha value is -3.67.